The number of rotatable bonds is 0. The van der Waals surface area contributed by atoms with E-state index in [-0.39, 0.29) is 5.91 Å². The highest BCUT2D eigenvalue weighted by Gasteiger charge is 2.14. The number of carbonyl (C=O) groups excluding carboxylic acids is 1. The fraction of sp³-hybridized carbons (Fsp3) is 0.333. The quantitative estimate of drug-likeness (QED) is 0.625. The van der Waals surface area contributed by atoms with Gasteiger partial charge in [0.25, 0.3) is 0 Å². The number of aromatic nitrogens is 1. The van der Waals surface area contributed by atoms with Gasteiger partial charge in [-0.3, -0.25) is 4.79 Å². The third-order valence-electron chi connectivity index (χ3n) is 2.07. The van der Waals surface area contributed by atoms with Crippen molar-refractivity contribution in [3.8, 4) is 0 Å². The number of hydrogen-bond donors (Lipinski definition) is 2. The van der Waals surface area contributed by atoms with Crippen LogP contribution in [0.3, 0.4) is 0 Å². The smallest absolute Gasteiger partial charge is 0.226 e. The Balaban J connectivity index is 2.46. The SMILES string of the molecule is Cc1ccnc2c1NC(=O)CCN2. The highest BCUT2D eigenvalue weighted by Crippen LogP contribution is 2.24. The topological polar surface area (TPSA) is 54.0 Å². The van der Waals surface area contributed by atoms with Crippen LogP contribution in [0.15, 0.2) is 12.3 Å². The molecule has 2 N–H and O–H groups in total. The third kappa shape index (κ3) is 1.47. The minimum atomic E-state index is 0.0438. The lowest BCUT2D eigenvalue weighted by Crippen LogP contribution is -2.11. The zero-order chi connectivity index (χ0) is 9.26. The van der Waals surface area contributed by atoms with Crippen LogP contribution < -0.4 is 10.6 Å². The average molecular weight is 177 g/mol. The summed E-state index contributed by atoms with van der Waals surface area (Å²) in [6.07, 6.45) is 2.23. The van der Waals surface area contributed by atoms with Crippen molar-refractivity contribution in [3.05, 3.63) is 17.8 Å². The lowest BCUT2D eigenvalue weighted by molar-refractivity contribution is -0.115. The zero-order valence-electron chi connectivity index (χ0n) is 7.42. The summed E-state index contributed by atoms with van der Waals surface area (Å²) in [5.74, 6) is 0.813. The van der Waals surface area contributed by atoms with Gasteiger partial charge in [-0.25, -0.2) is 4.98 Å². The van der Waals surface area contributed by atoms with Gasteiger partial charge in [-0.1, -0.05) is 0 Å². The van der Waals surface area contributed by atoms with Gasteiger partial charge in [-0.2, -0.15) is 0 Å². The Hall–Kier alpha value is -1.58. The first-order valence-electron chi connectivity index (χ1n) is 4.27. The van der Waals surface area contributed by atoms with Gasteiger partial charge >= 0.3 is 0 Å². The molecule has 0 atom stereocenters. The fourth-order valence-corrected chi connectivity index (χ4v) is 1.35. The number of pyridine rings is 1. The third-order valence-corrected chi connectivity index (χ3v) is 2.07. The van der Waals surface area contributed by atoms with E-state index < -0.39 is 0 Å². The Morgan fingerprint density at radius 3 is 3.23 bits per heavy atom. The molecule has 13 heavy (non-hydrogen) atoms. The summed E-state index contributed by atoms with van der Waals surface area (Å²) in [6.45, 7) is 2.60. The molecule has 68 valence electrons. The van der Waals surface area contributed by atoms with Crippen LogP contribution in [-0.2, 0) is 4.79 Å². The maximum atomic E-state index is 11.2. The van der Waals surface area contributed by atoms with E-state index in [2.05, 4.69) is 15.6 Å². The summed E-state index contributed by atoms with van der Waals surface area (Å²) in [7, 11) is 0. The van der Waals surface area contributed by atoms with Gasteiger partial charge in [-0.15, -0.1) is 0 Å². The first-order valence-corrected chi connectivity index (χ1v) is 4.27. The maximum absolute atomic E-state index is 11.2. The summed E-state index contributed by atoms with van der Waals surface area (Å²) in [5.41, 5.74) is 1.85. The fourth-order valence-electron chi connectivity index (χ4n) is 1.35. The molecule has 1 aliphatic rings. The molecule has 1 aromatic rings. The van der Waals surface area contributed by atoms with Crippen LogP contribution in [0.25, 0.3) is 0 Å². The van der Waals surface area contributed by atoms with Crippen molar-refractivity contribution in [1.82, 2.24) is 4.98 Å². The Morgan fingerprint density at radius 1 is 1.54 bits per heavy atom. The van der Waals surface area contributed by atoms with Crippen LogP contribution in [0.5, 0.6) is 0 Å². The molecule has 0 radical (unpaired) electrons. The molecule has 2 rings (SSSR count). The van der Waals surface area contributed by atoms with Gasteiger partial charge in [0.15, 0.2) is 0 Å². The Morgan fingerprint density at radius 2 is 2.38 bits per heavy atom. The van der Waals surface area contributed by atoms with Crippen molar-refractivity contribution in [2.24, 2.45) is 0 Å². The molecule has 0 unspecified atom stereocenters. The predicted octanol–water partition coefficient (Wildman–Crippen LogP) is 1.14. The van der Waals surface area contributed by atoms with E-state index in [0.29, 0.717) is 13.0 Å². The second kappa shape index (κ2) is 3.05. The predicted molar refractivity (Wildman–Crippen MR) is 50.7 cm³/mol. The summed E-state index contributed by atoms with van der Waals surface area (Å²) in [5, 5.41) is 5.93. The van der Waals surface area contributed by atoms with Crippen LogP contribution in [0.2, 0.25) is 0 Å². The van der Waals surface area contributed by atoms with Crippen LogP contribution in [0.1, 0.15) is 12.0 Å². The van der Waals surface area contributed by atoms with E-state index in [1.54, 1.807) is 6.20 Å². The molecule has 0 aromatic carbocycles. The van der Waals surface area contributed by atoms with Crippen LogP contribution in [0.4, 0.5) is 11.5 Å². The van der Waals surface area contributed by atoms with Crippen molar-refractivity contribution in [1.29, 1.82) is 0 Å². The largest absolute Gasteiger partial charge is 0.368 e. The number of fused-ring (bicyclic) bond motifs is 1. The molecule has 0 spiro atoms. The van der Waals surface area contributed by atoms with Gasteiger partial charge in [0.05, 0.1) is 5.69 Å². The lowest BCUT2D eigenvalue weighted by atomic mass is 10.2. The standard InChI is InChI=1S/C9H11N3O/c1-6-2-4-10-9-8(6)12-7(13)3-5-11-9/h2,4H,3,5H2,1H3,(H,10,11)(H,12,13). The Bertz CT molecular complexity index is 349. The molecule has 0 fully saturated rings. The number of amides is 1. The van der Waals surface area contributed by atoms with Gasteiger partial charge in [0, 0.05) is 19.2 Å². The molecule has 1 aliphatic heterocycles. The highest BCUT2D eigenvalue weighted by molar-refractivity contribution is 5.96. The molecule has 0 saturated carbocycles. The number of aryl methyl sites for hydroxylation is 1. The van der Waals surface area contributed by atoms with E-state index in [0.717, 1.165) is 17.1 Å². The second-order valence-corrected chi connectivity index (χ2v) is 3.08. The van der Waals surface area contributed by atoms with Crippen molar-refractivity contribution in [3.63, 3.8) is 0 Å². The highest BCUT2D eigenvalue weighted by atomic mass is 16.1. The number of nitrogens with one attached hydrogen (secondary N) is 2. The summed E-state index contributed by atoms with van der Waals surface area (Å²) >= 11 is 0. The molecule has 1 aromatic heterocycles. The van der Waals surface area contributed by atoms with Gasteiger partial charge < -0.3 is 10.6 Å². The monoisotopic (exact) mass is 177 g/mol. The van der Waals surface area contributed by atoms with Crippen molar-refractivity contribution >= 4 is 17.4 Å². The minimum absolute atomic E-state index is 0.0438. The second-order valence-electron chi connectivity index (χ2n) is 3.08. The average Bonchev–Trinajstić information content (AvgIpc) is 2.28. The maximum Gasteiger partial charge on any atom is 0.226 e. The van der Waals surface area contributed by atoms with Crippen LogP contribution >= 0.6 is 0 Å². The molecule has 2 heterocycles. The first-order chi connectivity index (χ1) is 6.27. The summed E-state index contributed by atoms with van der Waals surface area (Å²) in [4.78, 5) is 15.4. The van der Waals surface area contributed by atoms with Gasteiger partial charge in [0.2, 0.25) is 5.91 Å². The number of carbonyl (C=O) groups is 1. The van der Waals surface area contributed by atoms with E-state index in [9.17, 15) is 4.79 Å². The minimum Gasteiger partial charge on any atom is -0.368 e. The molecule has 0 saturated heterocycles. The number of anilines is 2. The van der Waals surface area contributed by atoms with E-state index >= 15 is 0 Å². The van der Waals surface area contributed by atoms with Gasteiger partial charge in [-0.05, 0) is 18.6 Å². The first kappa shape index (κ1) is 8.04. The van der Waals surface area contributed by atoms with E-state index in [1.165, 1.54) is 0 Å². The summed E-state index contributed by atoms with van der Waals surface area (Å²) in [6, 6.07) is 1.88. The van der Waals surface area contributed by atoms with Crippen LogP contribution in [-0.4, -0.2) is 17.4 Å². The number of nitrogens with zero attached hydrogens (tertiary/aromatic N) is 1. The molecular formula is C9H11N3O. The van der Waals surface area contributed by atoms with E-state index in [1.807, 2.05) is 13.0 Å². The zero-order valence-corrected chi connectivity index (χ0v) is 7.42. The molecule has 4 heteroatoms. The lowest BCUT2D eigenvalue weighted by Gasteiger charge is -2.08. The van der Waals surface area contributed by atoms with Crippen molar-refractivity contribution in [2.75, 3.05) is 17.2 Å². The van der Waals surface area contributed by atoms with Gasteiger partial charge in [0.1, 0.15) is 5.82 Å². The Labute approximate surface area is 76.4 Å². The number of hydrogen-bond acceptors (Lipinski definition) is 3. The summed E-state index contributed by atoms with van der Waals surface area (Å²) < 4.78 is 0. The van der Waals surface area contributed by atoms with Crippen molar-refractivity contribution in [2.45, 2.75) is 13.3 Å². The Kier molecular flexibility index (Phi) is 1.88. The molecule has 1 amide bonds. The molecule has 0 aliphatic carbocycles. The molecule has 4 nitrogen and oxygen atoms in total. The normalized spacial score (nSPS) is 15.3. The molecule has 0 bridgehead atoms. The van der Waals surface area contributed by atoms with E-state index in [4.69, 9.17) is 0 Å². The van der Waals surface area contributed by atoms with Crippen molar-refractivity contribution < 1.29 is 4.79 Å². The molecular weight excluding hydrogens is 166 g/mol. The van der Waals surface area contributed by atoms with Crippen LogP contribution in [0, 0.1) is 6.92 Å².